The van der Waals surface area contributed by atoms with Gasteiger partial charge in [-0.25, -0.2) is 0 Å². The minimum Gasteiger partial charge on any atom is -0.497 e. The molecule has 1 aliphatic rings. The first-order chi connectivity index (χ1) is 11.0. The molecule has 1 atom stereocenters. The standard InChI is InChI=1S/C19H26N2O2/c1-13-18(19(22)14(2)21-10-6-5-7-11-21)16-12-15(23-4)8-9-17(16)20(13)3/h8-9,12,14H,5-7,10-11H2,1-4H3/t14-/m0/s1. The number of methoxy groups -OCH3 is 1. The van der Waals surface area contributed by atoms with E-state index in [1.807, 2.05) is 39.1 Å². The molecule has 3 rings (SSSR count). The van der Waals surface area contributed by atoms with E-state index >= 15 is 0 Å². The van der Waals surface area contributed by atoms with Crippen molar-refractivity contribution in [1.82, 2.24) is 9.47 Å². The number of ketones is 1. The predicted octanol–water partition coefficient (Wildman–Crippen LogP) is 3.55. The van der Waals surface area contributed by atoms with E-state index in [0.717, 1.165) is 41.0 Å². The molecule has 0 amide bonds. The minimum absolute atomic E-state index is 0.0641. The Kier molecular flexibility index (Phi) is 4.44. The van der Waals surface area contributed by atoms with Gasteiger partial charge in [-0.2, -0.15) is 0 Å². The fraction of sp³-hybridized carbons (Fsp3) is 0.526. The molecule has 4 heteroatoms. The van der Waals surface area contributed by atoms with Gasteiger partial charge in [0.25, 0.3) is 0 Å². The number of Topliss-reactive ketones (excluding diaryl/α,β-unsaturated/α-hetero) is 1. The SMILES string of the molecule is COc1ccc2c(c1)c(C(=O)[C@H](C)N1CCCCC1)c(C)n2C. The van der Waals surface area contributed by atoms with Crippen molar-refractivity contribution >= 4 is 16.7 Å². The first kappa shape index (κ1) is 16.1. The Balaban J connectivity index is 2.03. The number of carbonyl (C=O) groups is 1. The predicted molar refractivity (Wildman–Crippen MR) is 93.4 cm³/mol. The highest BCUT2D eigenvalue weighted by atomic mass is 16.5. The van der Waals surface area contributed by atoms with Crippen LogP contribution in [-0.2, 0) is 7.05 Å². The lowest BCUT2D eigenvalue weighted by Crippen LogP contribution is -2.42. The molecule has 0 spiro atoms. The lowest BCUT2D eigenvalue weighted by atomic mass is 9.99. The minimum atomic E-state index is -0.0641. The van der Waals surface area contributed by atoms with Crippen LogP contribution in [0.4, 0.5) is 0 Å². The second-order valence-electron chi connectivity index (χ2n) is 6.54. The molecule has 0 aliphatic carbocycles. The highest BCUT2D eigenvalue weighted by Crippen LogP contribution is 2.30. The summed E-state index contributed by atoms with van der Waals surface area (Å²) in [5.74, 6) is 1.02. The molecule has 0 saturated carbocycles. The maximum Gasteiger partial charge on any atom is 0.182 e. The van der Waals surface area contributed by atoms with Crippen molar-refractivity contribution < 1.29 is 9.53 Å². The summed E-state index contributed by atoms with van der Waals surface area (Å²) in [5, 5.41) is 0.998. The number of likely N-dealkylation sites (tertiary alicyclic amines) is 1. The van der Waals surface area contributed by atoms with E-state index in [4.69, 9.17) is 4.74 Å². The van der Waals surface area contributed by atoms with Crippen molar-refractivity contribution in [2.75, 3.05) is 20.2 Å². The van der Waals surface area contributed by atoms with Gasteiger partial charge in [0.1, 0.15) is 5.75 Å². The van der Waals surface area contributed by atoms with Gasteiger partial charge in [0, 0.05) is 29.2 Å². The first-order valence-corrected chi connectivity index (χ1v) is 8.46. The Morgan fingerprint density at radius 3 is 2.57 bits per heavy atom. The fourth-order valence-electron chi connectivity index (χ4n) is 3.67. The van der Waals surface area contributed by atoms with Crippen molar-refractivity contribution in [3.05, 3.63) is 29.5 Å². The third-order valence-electron chi connectivity index (χ3n) is 5.26. The third-order valence-corrected chi connectivity index (χ3v) is 5.26. The number of benzene rings is 1. The summed E-state index contributed by atoms with van der Waals surface area (Å²) in [6, 6.07) is 5.90. The zero-order valence-corrected chi connectivity index (χ0v) is 14.6. The Labute approximate surface area is 138 Å². The molecule has 23 heavy (non-hydrogen) atoms. The van der Waals surface area contributed by atoms with E-state index in [2.05, 4.69) is 9.47 Å². The van der Waals surface area contributed by atoms with Gasteiger partial charge in [0.05, 0.1) is 13.2 Å². The van der Waals surface area contributed by atoms with Crippen LogP contribution < -0.4 is 4.74 Å². The van der Waals surface area contributed by atoms with E-state index in [9.17, 15) is 4.79 Å². The Hall–Kier alpha value is -1.81. The zero-order chi connectivity index (χ0) is 16.6. The average Bonchev–Trinajstić information content (AvgIpc) is 2.84. The monoisotopic (exact) mass is 314 g/mol. The maximum absolute atomic E-state index is 13.2. The number of rotatable bonds is 4. The lowest BCUT2D eigenvalue weighted by Gasteiger charge is -2.31. The Morgan fingerprint density at radius 2 is 1.91 bits per heavy atom. The van der Waals surface area contributed by atoms with Gasteiger partial charge in [0.15, 0.2) is 5.78 Å². The van der Waals surface area contributed by atoms with Crippen LogP contribution >= 0.6 is 0 Å². The highest BCUT2D eigenvalue weighted by Gasteiger charge is 2.28. The van der Waals surface area contributed by atoms with E-state index in [1.165, 1.54) is 19.3 Å². The number of piperidine rings is 1. The van der Waals surface area contributed by atoms with Gasteiger partial charge in [-0.3, -0.25) is 9.69 Å². The molecule has 1 aromatic heterocycles. The number of aromatic nitrogens is 1. The van der Waals surface area contributed by atoms with Gasteiger partial charge in [-0.05, 0) is 58.0 Å². The van der Waals surface area contributed by atoms with Crippen LogP contribution in [0.1, 0.15) is 42.2 Å². The summed E-state index contributed by atoms with van der Waals surface area (Å²) in [5.41, 5.74) is 2.96. The highest BCUT2D eigenvalue weighted by molar-refractivity contribution is 6.12. The molecule has 1 aliphatic heterocycles. The topological polar surface area (TPSA) is 34.5 Å². The quantitative estimate of drug-likeness (QED) is 0.809. The zero-order valence-electron chi connectivity index (χ0n) is 14.6. The molecule has 1 saturated heterocycles. The average molecular weight is 314 g/mol. The van der Waals surface area contributed by atoms with Crippen LogP contribution in [0.5, 0.6) is 5.75 Å². The van der Waals surface area contributed by atoms with Gasteiger partial charge < -0.3 is 9.30 Å². The van der Waals surface area contributed by atoms with Gasteiger partial charge in [0.2, 0.25) is 0 Å². The number of hydrogen-bond donors (Lipinski definition) is 0. The Morgan fingerprint density at radius 1 is 1.22 bits per heavy atom. The molecule has 2 heterocycles. The van der Waals surface area contributed by atoms with Crippen LogP contribution in [0.3, 0.4) is 0 Å². The number of ether oxygens (including phenoxy) is 1. The second kappa shape index (κ2) is 6.36. The molecule has 2 aromatic rings. The number of nitrogens with zero attached hydrogens (tertiary/aromatic N) is 2. The summed E-state index contributed by atoms with van der Waals surface area (Å²) in [7, 11) is 3.68. The molecule has 0 N–H and O–H groups in total. The molecular weight excluding hydrogens is 288 g/mol. The molecular formula is C19H26N2O2. The van der Waals surface area contributed by atoms with Crippen molar-refractivity contribution in [1.29, 1.82) is 0 Å². The van der Waals surface area contributed by atoms with Gasteiger partial charge in [-0.15, -0.1) is 0 Å². The molecule has 0 unspecified atom stereocenters. The molecule has 124 valence electrons. The van der Waals surface area contributed by atoms with Crippen molar-refractivity contribution in [2.45, 2.75) is 39.2 Å². The summed E-state index contributed by atoms with van der Waals surface area (Å²) >= 11 is 0. The van der Waals surface area contributed by atoms with Crippen molar-refractivity contribution in [3.8, 4) is 5.75 Å². The van der Waals surface area contributed by atoms with Crippen LogP contribution in [0, 0.1) is 6.92 Å². The molecule has 4 nitrogen and oxygen atoms in total. The van der Waals surface area contributed by atoms with E-state index in [-0.39, 0.29) is 11.8 Å². The third kappa shape index (κ3) is 2.76. The number of aryl methyl sites for hydroxylation is 1. The van der Waals surface area contributed by atoms with Gasteiger partial charge >= 0.3 is 0 Å². The molecule has 1 fully saturated rings. The second-order valence-corrected chi connectivity index (χ2v) is 6.54. The number of carbonyl (C=O) groups excluding carboxylic acids is 1. The van der Waals surface area contributed by atoms with Gasteiger partial charge in [-0.1, -0.05) is 6.42 Å². The molecule has 0 radical (unpaired) electrons. The van der Waals surface area contributed by atoms with Crippen molar-refractivity contribution in [3.63, 3.8) is 0 Å². The molecule has 1 aromatic carbocycles. The summed E-state index contributed by atoms with van der Waals surface area (Å²) in [6.45, 7) is 6.13. The largest absolute Gasteiger partial charge is 0.497 e. The summed E-state index contributed by atoms with van der Waals surface area (Å²) in [4.78, 5) is 15.5. The van der Waals surface area contributed by atoms with Crippen LogP contribution in [0.25, 0.3) is 10.9 Å². The van der Waals surface area contributed by atoms with Crippen LogP contribution in [0.15, 0.2) is 18.2 Å². The fourth-order valence-corrected chi connectivity index (χ4v) is 3.67. The number of hydrogen-bond acceptors (Lipinski definition) is 3. The van der Waals surface area contributed by atoms with Crippen LogP contribution in [-0.4, -0.2) is 41.5 Å². The van der Waals surface area contributed by atoms with E-state index < -0.39 is 0 Å². The summed E-state index contributed by atoms with van der Waals surface area (Å²) < 4.78 is 7.45. The lowest BCUT2D eigenvalue weighted by molar-refractivity contribution is 0.0809. The van der Waals surface area contributed by atoms with Crippen LogP contribution in [0.2, 0.25) is 0 Å². The number of fused-ring (bicyclic) bond motifs is 1. The smallest absolute Gasteiger partial charge is 0.182 e. The van der Waals surface area contributed by atoms with E-state index in [0.29, 0.717) is 0 Å². The van der Waals surface area contributed by atoms with E-state index in [1.54, 1.807) is 7.11 Å². The molecule has 0 bridgehead atoms. The Bertz CT molecular complexity index is 727. The first-order valence-electron chi connectivity index (χ1n) is 8.46. The summed E-state index contributed by atoms with van der Waals surface area (Å²) in [6.07, 6.45) is 3.67. The van der Waals surface area contributed by atoms with Crippen molar-refractivity contribution in [2.24, 2.45) is 7.05 Å². The normalized spacial score (nSPS) is 17.4. The maximum atomic E-state index is 13.2.